The van der Waals surface area contributed by atoms with Crippen molar-refractivity contribution in [3.8, 4) is 0 Å². The average molecular weight is 321 g/mol. The van der Waals surface area contributed by atoms with Crippen LogP contribution in [0.3, 0.4) is 0 Å². The lowest BCUT2D eigenvalue weighted by atomic mass is 9.78. The first kappa shape index (κ1) is 20.2. The zero-order valence-electron chi connectivity index (χ0n) is 13.5. The number of carbonyl (C=O) groups is 2. The minimum absolute atomic E-state index is 0. The summed E-state index contributed by atoms with van der Waals surface area (Å²) >= 11 is 0. The number of nitrogens with one attached hydrogen (secondary N) is 1. The maximum Gasteiger partial charge on any atom is 0.304 e. The highest BCUT2D eigenvalue weighted by molar-refractivity contribution is 5.85. The molecule has 1 aliphatic carbocycles. The van der Waals surface area contributed by atoms with Gasteiger partial charge in [0, 0.05) is 12.6 Å². The first-order valence-corrected chi connectivity index (χ1v) is 7.55. The van der Waals surface area contributed by atoms with E-state index < -0.39 is 5.97 Å². The number of hydrogen-bond acceptors (Lipinski definition) is 3. The summed E-state index contributed by atoms with van der Waals surface area (Å²) in [5, 5.41) is 11.8. The molecule has 0 spiro atoms. The normalized spacial score (nSPS) is 26.8. The number of aliphatic carboxylic acids is 1. The van der Waals surface area contributed by atoms with Gasteiger partial charge in [0.05, 0.1) is 12.5 Å². The highest BCUT2D eigenvalue weighted by atomic mass is 35.5. The van der Waals surface area contributed by atoms with Crippen LogP contribution in [0.5, 0.6) is 0 Å². The van der Waals surface area contributed by atoms with Crippen molar-refractivity contribution in [1.82, 2.24) is 10.2 Å². The summed E-state index contributed by atoms with van der Waals surface area (Å²) in [4.78, 5) is 24.6. The minimum atomic E-state index is -0.834. The minimum Gasteiger partial charge on any atom is -0.481 e. The van der Waals surface area contributed by atoms with Crippen LogP contribution in [0.2, 0.25) is 0 Å². The summed E-state index contributed by atoms with van der Waals surface area (Å²) in [7, 11) is 1.79. The standard InChI is InChI=1S/C15H28N2O3.ClH/c1-10-6-5-7-13(11(10)2)16-15(20)12(3)17(4)9-8-14(18)19;/h10-13H,5-9H2,1-4H3,(H,16,20)(H,18,19);1H. The highest BCUT2D eigenvalue weighted by Gasteiger charge is 2.30. The number of halogens is 1. The van der Waals surface area contributed by atoms with Crippen molar-refractivity contribution in [3.63, 3.8) is 0 Å². The number of rotatable bonds is 6. The molecular weight excluding hydrogens is 292 g/mol. The van der Waals surface area contributed by atoms with Crippen LogP contribution < -0.4 is 5.32 Å². The van der Waals surface area contributed by atoms with E-state index in [-0.39, 0.29) is 36.8 Å². The van der Waals surface area contributed by atoms with E-state index in [9.17, 15) is 9.59 Å². The maximum absolute atomic E-state index is 12.2. The molecule has 2 N–H and O–H groups in total. The summed E-state index contributed by atoms with van der Waals surface area (Å²) in [5.74, 6) is 0.321. The quantitative estimate of drug-likeness (QED) is 0.786. The summed E-state index contributed by atoms with van der Waals surface area (Å²) in [6.07, 6.45) is 3.51. The molecule has 0 heterocycles. The molecule has 4 unspecified atom stereocenters. The number of amides is 1. The molecule has 0 aromatic carbocycles. The van der Waals surface area contributed by atoms with Crippen molar-refractivity contribution < 1.29 is 14.7 Å². The van der Waals surface area contributed by atoms with Gasteiger partial charge in [-0.3, -0.25) is 14.5 Å². The molecule has 1 amide bonds. The van der Waals surface area contributed by atoms with Gasteiger partial charge < -0.3 is 10.4 Å². The summed E-state index contributed by atoms with van der Waals surface area (Å²) < 4.78 is 0. The van der Waals surface area contributed by atoms with Gasteiger partial charge in [-0.2, -0.15) is 0 Å². The number of hydrogen-bond donors (Lipinski definition) is 2. The molecule has 4 atom stereocenters. The largest absolute Gasteiger partial charge is 0.481 e. The Morgan fingerprint density at radius 1 is 1.33 bits per heavy atom. The second-order valence-electron chi connectivity index (χ2n) is 6.18. The second kappa shape index (κ2) is 9.26. The van der Waals surface area contributed by atoms with Gasteiger partial charge in [0.2, 0.25) is 5.91 Å². The molecule has 0 aromatic heterocycles. The topological polar surface area (TPSA) is 69.6 Å². The molecule has 0 bridgehead atoms. The van der Waals surface area contributed by atoms with Gasteiger partial charge in [-0.1, -0.05) is 26.7 Å². The third kappa shape index (κ3) is 6.22. The number of carbonyl (C=O) groups excluding carboxylic acids is 1. The third-order valence-electron chi connectivity index (χ3n) is 4.75. The lowest BCUT2D eigenvalue weighted by Gasteiger charge is -2.36. The fraction of sp³-hybridized carbons (Fsp3) is 0.867. The molecule has 0 radical (unpaired) electrons. The molecular formula is C15H29ClN2O3. The monoisotopic (exact) mass is 320 g/mol. The van der Waals surface area contributed by atoms with Crippen molar-refractivity contribution in [1.29, 1.82) is 0 Å². The van der Waals surface area contributed by atoms with Gasteiger partial charge in [0.25, 0.3) is 0 Å². The number of carboxylic acids is 1. The molecule has 6 heteroatoms. The van der Waals surface area contributed by atoms with Crippen molar-refractivity contribution >= 4 is 24.3 Å². The molecule has 5 nitrogen and oxygen atoms in total. The van der Waals surface area contributed by atoms with Crippen LogP contribution in [-0.2, 0) is 9.59 Å². The predicted octanol–water partition coefficient (Wildman–Crippen LogP) is 2.14. The Morgan fingerprint density at radius 2 is 1.95 bits per heavy atom. The Bertz CT molecular complexity index is 352. The fourth-order valence-electron chi connectivity index (χ4n) is 2.75. The lowest BCUT2D eigenvalue weighted by molar-refractivity contribution is -0.138. The SMILES string of the molecule is CC1CCCC(NC(=O)C(C)N(C)CCC(=O)O)C1C.Cl. The van der Waals surface area contributed by atoms with Crippen molar-refractivity contribution in [3.05, 3.63) is 0 Å². The molecule has 1 rings (SSSR count). The van der Waals surface area contributed by atoms with E-state index in [2.05, 4.69) is 19.2 Å². The summed E-state index contributed by atoms with van der Waals surface area (Å²) in [5.41, 5.74) is 0. The van der Waals surface area contributed by atoms with E-state index in [0.717, 1.165) is 6.42 Å². The smallest absolute Gasteiger partial charge is 0.304 e. The van der Waals surface area contributed by atoms with Gasteiger partial charge in [-0.15, -0.1) is 12.4 Å². The Kier molecular flexibility index (Phi) is 8.90. The number of nitrogens with zero attached hydrogens (tertiary/aromatic N) is 1. The van der Waals surface area contributed by atoms with Crippen LogP contribution in [0.25, 0.3) is 0 Å². The third-order valence-corrected chi connectivity index (χ3v) is 4.75. The maximum atomic E-state index is 12.2. The second-order valence-corrected chi connectivity index (χ2v) is 6.18. The van der Waals surface area contributed by atoms with Gasteiger partial charge in [0.15, 0.2) is 0 Å². The van der Waals surface area contributed by atoms with Gasteiger partial charge in [-0.05, 0) is 32.2 Å². The zero-order valence-corrected chi connectivity index (χ0v) is 14.3. The highest BCUT2D eigenvalue weighted by Crippen LogP contribution is 2.29. The number of carboxylic acid groups (broad SMARTS) is 1. The van der Waals surface area contributed by atoms with E-state index in [4.69, 9.17) is 5.11 Å². The number of likely N-dealkylation sites (N-methyl/N-ethyl adjacent to an activating group) is 1. The first-order valence-electron chi connectivity index (χ1n) is 7.55. The van der Waals surface area contributed by atoms with Crippen LogP contribution >= 0.6 is 12.4 Å². The molecule has 0 saturated heterocycles. The molecule has 1 aliphatic rings. The molecule has 1 fully saturated rings. The van der Waals surface area contributed by atoms with E-state index in [1.165, 1.54) is 12.8 Å². The van der Waals surface area contributed by atoms with E-state index >= 15 is 0 Å². The van der Waals surface area contributed by atoms with Crippen molar-refractivity contribution in [2.75, 3.05) is 13.6 Å². The molecule has 0 aromatic rings. The van der Waals surface area contributed by atoms with Crippen LogP contribution in [0.15, 0.2) is 0 Å². The van der Waals surface area contributed by atoms with Crippen LogP contribution in [0, 0.1) is 11.8 Å². The van der Waals surface area contributed by atoms with Crippen molar-refractivity contribution in [2.45, 2.75) is 58.5 Å². The fourth-order valence-corrected chi connectivity index (χ4v) is 2.75. The van der Waals surface area contributed by atoms with E-state index in [1.807, 2.05) is 6.92 Å². The lowest BCUT2D eigenvalue weighted by Crippen LogP contribution is -2.50. The molecule has 1 saturated carbocycles. The summed E-state index contributed by atoms with van der Waals surface area (Å²) in [6.45, 7) is 6.66. The zero-order chi connectivity index (χ0) is 15.3. The predicted molar refractivity (Wildman–Crippen MR) is 85.7 cm³/mol. The van der Waals surface area contributed by atoms with E-state index in [1.54, 1.807) is 11.9 Å². The van der Waals surface area contributed by atoms with Crippen molar-refractivity contribution in [2.24, 2.45) is 11.8 Å². The van der Waals surface area contributed by atoms with E-state index in [0.29, 0.717) is 18.4 Å². The Balaban J connectivity index is 0.00000400. The summed E-state index contributed by atoms with van der Waals surface area (Å²) in [6, 6.07) is -0.0413. The van der Waals surface area contributed by atoms with Gasteiger partial charge in [-0.25, -0.2) is 0 Å². The molecule has 0 aliphatic heterocycles. The Labute approximate surface area is 133 Å². The first-order chi connectivity index (χ1) is 9.32. The Morgan fingerprint density at radius 3 is 2.52 bits per heavy atom. The average Bonchev–Trinajstić information content (AvgIpc) is 2.40. The van der Waals surface area contributed by atoms with Gasteiger partial charge >= 0.3 is 5.97 Å². The molecule has 21 heavy (non-hydrogen) atoms. The Hall–Kier alpha value is -0.810. The molecule has 124 valence electrons. The van der Waals surface area contributed by atoms with Crippen LogP contribution in [0.4, 0.5) is 0 Å². The van der Waals surface area contributed by atoms with Crippen LogP contribution in [-0.4, -0.2) is 47.6 Å². The van der Waals surface area contributed by atoms with Crippen LogP contribution in [0.1, 0.15) is 46.5 Å². The van der Waals surface area contributed by atoms with Gasteiger partial charge in [0.1, 0.15) is 0 Å².